The van der Waals surface area contributed by atoms with E-state index in [1.807, 2.05) is 50.2 Å². The number of Topliss-reactive ketones (excluding diaryl/α,β-unsaturated/α-hetero) is 1. The number of ketones is 1. The monoisotopic (exact) mass is 309 g/mol. The zero-order chi connectivity index (χ0) is 16.6. The lowest BCUT2D eigenvalue weighted by Gasteiger charge is -2.14. The number of fused-ring (bicyclic) bond motifs is 1. The van der Waals surface area contributed by atoms with Gasteiger partial charge in [0, 0.05) is 6.54 Å². The summed E-state index contributed by atoms with van der Waals surface area (Å²) in [5.41, 5.74) is 3.15. The first kappa shape index (κ1) is 15.3. The molecular formula is C19H19NO3. The fourth-order valence-corrected chi connectivity index (χ4v) is 2.66. The summed E-state index contributed by atoms with van der Waals surface area (Å²) < 4.78 is 5.82. The summed E-state index contributed by atoms with van der Waals surface area (Å²) in [5, 5.41) is 10.1. The van der Waals surface area contributed by atoms with Gasteiger partial charge in [-0.15, -0.1) is 0 Å². The Morgan fingerprint density at radius 3 is 2.61 bits per heavy atom. The third kappa shape index (κ3) is 2.85. The molecule has 0 saturated heterocycles. The molecule has 0 atom stereocenters. The topological polar surface area (TPSA) is 49.8 Å². The number of allylic oxidation sites excluding steroid dienone is 1. The number of ether oxygens (including phenoxy) is 1. The molecule has 0 unspecified atom stereocenters. The fraction of sp³-hybridized carbons (Fsp3) is 0.211. The maximum Gasteiger partial charge on any atom is 0.231 e. The normalized spacial score (nSPS) is 15.1. The summed E-state index contributed by atoms with van der Waals surface area (Å²) >= 11 is 0. The van der Waals surface area contributed by atoms with Crippen molar-refractivity contribution in [2.45, 2.75) is 13.5 Å². The van der Waals surface area contributed by atoms with E-state index in [1.165, 1.54) is 0 Å². The highest BCUT2D eigenvalue weighted by Crippen LogP contribution is 2.40. The lowest BCUT2D eigenvalue weighted by molar-refractivity contribution is 0.101. The molecule has 3 rings (SSSR count). The van der Waals surface area contributed by atoms with Crippen LogP contribution in [0.2, 0.25) is 0 Å². The van der Waals surface area contributed by atoms with E-state index >= 15 is 0 Å². The molecule has 0 aliphatic carbocycles. The minimum atomic E-state index is -0.150. The number of benzene rings is 2. The SMILES string of the molecule is Cc1ccccc1/C=C1\Oc2c(ccc(O)c2CN(C)C)C1=O. The van der Waals surface area contributed by atoms with Gasteiger partial charge in [-0.3, -0.25) is 4.79 Å². The summed E-state index contributed by atoms with van der Waals surface area (Å²) in [5.74, 6) is 0.745. The summed E-state index contributed by atoms with van der Waals surface area (Å²) in [6.45, 7) is 2.49. The molecule has 0 saturated carbocycles. The molecular weight excluding hydrogens is 290 g/mol. The molecule has 0 bridgehead atoms. The molecule has 1 heterocycles. The van der Waals surface area contributed by atoms with Crippen LogP contribution in [0, 0.1) is 6.92 Å². The summed E-state index contributed by atoms with van der Waals surface area (Å²) in [4.78, 5) is 14.5. The second-order valence-electron chi connectivity index (χ2n) is 5.97. The van der Waals surface area contributed by atoms with Crippen LogP contribution in [0.3, 0.4) is 0 Å². The minimum absolute atomic E-state index is 0.141. The molecule has 0 fully saturated rings. The maximum absolute atomic E-state index is 12.6. The van der Waals surface area contributed by atoms with Crippen molar-refractivity contribution in [1.29, 1.82) is 0 Å². The number of aryl methyl sites for hydroxylation is 1. The first-order chi connectivity index (χ1) is 11.0. The zero-order valence-corrected chi connectivity index (χ0v) is 13.5. The third-order valence-electron chi connectivity index (χ3n) is 3.87. The van der Waals surface area contributed by atoms with E-state index in [1.54, 1.807) is 18.2 Å². The largest absolute Gasteiger partial charge is 0.507 e. The summed E-state index contributed by atoms with van der Waals surface area (Å²) in [7, 11) is 3.80. The Kier molecular flexibility index (Phi) is 3.92. The lowest BCUT2D eigenvalue weighted by Crippen LogP contribution is -2.11. The summed E-state index contributed by atoms with van der Waals surface area (Å²) in [6.07, 6.45) is 1.76. The molecule has 118 valence electrons. The Morgan fingerprint density at radius 2 is 1.91 bits per heavy atom. The Balaban J connectivity index is 2.04. The number of carbonyl (C=O) groups excluding carboxylic acids is 1. The van der Waals surface area contributed by atoms with Gasteiger partial charge in [0.15, 0.2) is 5.76 Å². The number of hydrogen-bond donors (Lipinski definition) is 1. The van der Waals surface area contributed by atoms with Crippen LogP contribution in [0.1, 0.15) is 27.0 Å². The Morgan fingerprint density at radius 1 is 1.17 bits per heavy atom. The van der Waals surface area contributed by atoms with Crippen LogP contribution >= 0.6 is 0 Å². The summed E-state index contributed by atoms with van der Waals surface area (Å²) in [6, 6.07) is 11.0. The molecule has 4 nitrogen and oxygen atoms in total. The number of carbonyl (C=O) groups is 1. The Labute approximate surface area is 135 Å². The molecule has 0 radical (unpaired) electrons. The van der Waals surface area contributed by atoms with Gasteiger partial charge in [-0.05, 0) is 50.4 Å². The third-order valence-corrected chi connectivity index (χ3v) is 3.87. The number of rotatable bonds is 3. The number of phenols is 1. The number of aromatic hydroxyl groups is 1. The van der Waals surface area contributed by atoms with Crippen molar-refractivity contribution in [2.24, 2.45) is 0 Å². The maximum atomic E-state index is 12.6. The second kappa shape index (κ2) is 5.89. The Hall–Kier alpha value is -2.59. The van der Waals surface area contributed by atoms with Crippen LogP contribution in [0.4, 0.5) is 0 Å². The van der Waals surface area contributed by atoms with Crippen LogP contribution in [-0.2, 0) is 6.54 Å². The van der Waals surface area contributed by atoms with Crippen LogP contribution < -0.4 is 4.74 Å². The van der Waals surface area contributed by atoms with Crippen molar-refractivity contribution < 1.29 is 14.6 Å². The van der Waals surface area contributed by atoms with Crippen molar-refractivity contribution in [1.82, 2.24) is 4.90 Å². The van der Waals surface area contributed by atoms with Gasteiger partial charge in [0.25, 0.3) is 0 Å². The van der Waals surface area contributed by atoms with Crippen molar-refractivity contribution >= 4 is 11.9 Å². The van der Waals surface area contributed by atoms with Crippen molar-refractivity contribution in [3.05, 3.63) is 64.4 Å². The van der Waals surface area contributed by atoms with Gasteiger partial charge in [-0.1, -0.05) is 24.3 Å². The highest BCUT2D eigenvalue weighted by Gasteiger charge is 2.31. The standard InChI is InChI=1S/C19H19NO3/c1-12-6-4-5-7-13(12)10-17-18(22)14-8-9-16(21)15(11-20(2)3)19(14)23-17/h4-10,21H,11H2,1-3H3/b17-10-. The first-order valence-corrected chi connectivity index (χ1v) is 7.47. The predicted molar refractivity (Wildman–Crippen MR) is 89.6 cm³/mol. The number of phenolic OH excluding ortho intramolecular Hbond substituents is 1. The van der Waals surface area contributed by atoms with Crippen molar-refractivity contribution in [3.63, 3.8) is 0 Å². The number of nitrogens with zero attached hydrogens (tertiary/aromatic N) is 1. The quantitative estimate of drug-likeness (QED) is 0.883. The molecule has 0 amide bonds. The van der Waals surface area contributed by atoms with Gasteiger partial charge in [0.1, 0.15) is 11.5 Å². The second-order valence-corrected chi connectivity index (χ2v) is 5.97. The molecule has 1 aliphatic rings. The lowest BCUT2D eigenvalue weighted by atomic mass is 10.0. The van der Waals surface area contributed by atoms with E-state index < -0.39 is 0 Å². The average molecular weight is 309 g/mol. The zero-order valence-electron chi connectivity index (χ0n) is 13.5. The van der Waals surface area contributed by atoms with Crippen LogP contribution in [0.25, 0.3) is 6.08 Å². The minimum Gasteiger partial charge on any atom is -0.507 e. The van der Waals surface area contributed by atoms with Gasteiger partial charge in [-0.2, -0.15) is 0 Å². The van der Waals surface area contributed by atoms with E-state index in [0.29, 0.717) is 29.2 Å². The van der Waals surface area contributed by atoms with Crippen LogP contribution in [0.15, 0.2) is 42.2 Å². The van der Waals surface area contributed by atoms with Crippen LogP contribution in [-0.4, -0.2) is 29.9 Å². The van der Waals surface area contributed by atoms with E-state index in [-0.39, 0.29) is 11.5 Å². The van der Waals surface area contributed by atoms with Crippen molar-refractivity contribution in [2.75, 3.05) is 14.1 Å². The predicted octanol–water partition coefficient (Wildman–Crippen LogP) is 3.38. The fourth-order valence-electron chi connectivity index (χ4n) is 2.66. The average Bonchev–Trinajstić information content (AvgIpc) is 2.81. The van der Waals surface area contributed by atoms with Gasteiger partial charge < -0.3 is 14.7 Å². The first-order valence-electron chi connectivity index (χ1n) is 7.47. The van der Waals surface area contributed by atoms with E-state index in [2.05, 4.69) is 0 Å². The van der Waals surface area contributed by atoms with E-state index in [9.17, 15) is 9.90 Å². The van der Waals surface area contributed by atoms with Gasteiger partial charge in [-0.25, -0.2) is 0 Å². The molecule has 4 heteroatoms. The van der Waals surface area contributed by atoms with Crippen molar-refractivity contribution in [3.8, 4) is 11.5 Å². The van der Waals surface area contributed by atoms with Crippen LogP contribution in [0.5, 0.6) is 11.5 Å². The Bertz CT molecular complexity index is 806. The molecule has 2 aromatic carbocycles. The van der Waals surface area contributed by atoms with Gasteiger partial charge in [0.2, 0.25) is 5.78 Å². The van der Waals surface area contributed by atoms with E-state index in [4.69, 9.17) is 4.74 Å². The number of hydrogen-bond acceptors (Lipinski definition) is 4. The molecule has 0 aromatic heterocycles. The molecule has 2 aromatic rings. The molecule has 0 spiro atoms. The molecule has 1 N–H and O–H groups in total. The van der Waals surface area contributed by atoms with Gasteiger partial charge >= 0.3 is 0 Å². The molecule has 1 aliphatic heterocycles. The van der Waals surface area contributed by atoms with Gasteiger partial charge in [0.05, 0.1) is 11.1 Å². The highest BCUT2D eigenvalue weighted by molar-refractivity contribution is 6.15. The highest BCUT2D eigenvalue weighted by atomic mass is 16.5. The smallest absolute Gasteiger partial charge is 0.231 e. The molecule has 23 heavy (non-hydrogen) atoms. The van der Waals surface area contributed by atoms with E-state index in [0.717, 1.165) is 11.1 Å².